The maximum Gasteiger partial charge on any atom is 0.264 e. The van der Waals surface area contributed by atoms with E-state index in [2.05, 4.69) is 5.32 Å². The van der Waals surface area contributed by atoms with Crippen LogP contribution in [-0.2, 0) is 32.6 Å². The molecule has 242 valence electrons. The lowest BCUT2D eigenvalue weighted by Gasteiger charge is -2.34. The van der Waals surface area contributed by atoms with E-state index < -0.39 is 28.5 Å². The molecule has 0 bridgehead atoms. The molecule has 0 aromatic heterocycles. The van der Waals surface area contributed by atoms with Crippen molar-refractivity contribution in [2.24, 2.45) is 0 Å². The number of hydrogen-bond acceptors (Lipinski definition) is 5. The number of sulfonamides is 1. The van der Waals surface area contributed by atoms with E-state index in [-0.39, 0.29) is 29.8 Å². The normalized spacial score (nSPS) is 12.5. The van der Waals surface area contributed by atoms with Crippen molar-refractivity contribution >= 4 is 27.5 Å². The van der Waals surface area contributed by atoms with Crippen LogP contribution in [-0.4, -0.2) is 50.9 Å². The molecular formula is C37H43N3O5S. The highest BCUT2D eigenvalue weighted by atomic mass is 32.2. The lowest BCUT2D eigenvalue weighted by Crippen LogP contribution is -2.54. The second-order valence-corrected chi connectivity index (χ2v) is 13.4. The van der Waals surface area contributed by atoms with Crippen molar-refractivity contribution in [3.63, 3.8) is 0 Å². The molecule has 0 aliphatic rings. The van der Waals surface area contributed by atoms with Gasteiger partial charge >= 0.3 is 0 Å². The van der Waals surface area contributed by atoms with Gasteiger partial charge in [-0.25, -0.2) is 8.42 Å². The quantitative estimate of drug-likeness (QED) is 0.181. The van der Waals surface area contributed by atoms with Gasteiger partial charge < -0.3 is 15.0 Å². The first-order chi connectivity index (χ1) is 22.0. The first-order valence-corrected chi connectivity index (χ1v) is 16.9. The minimum Gasteiger partial charge on any atom is -0.497 e. The monoisotopic (exact) mass is 641 g/mol. The van der Waals surface area contributed by atoms with Crippen LogP contribution < -0.4 is 14.4 Å². The number of nitrogens with zero attached hydrogens (tertiary/aromatic N) is 2. The predicted octanol–water partition coefficient (Wildman–Crippen LogP) is 6.06. The third kappa shape index (κ3) is 8.75. The third-order valence-corrected chi connectivity index (χ3v) is 9.65. The first-order valence-electron chi connectivity index (χ1n) is 15.4. The summed E-state index contributed by atoms with van der Waals surface area (Å²) >= 11 is 0. The first kappa shape index (κ1) is 34.2. The highest BCUT2D eigenvalue weighted by molar-refractivity contribution is 7.92. The molecule has 9 heteroatoms. The van der Waals surface area contributed by atoms with Crippen molar-refractivity contribution in [2.75, 3.05) is 18.0 Å². The number of amides is 2. The van der Waals surface area contributed by atoms with E-state index >= 15 is 0 Å². The zero-order valence-corrected chi connectivity index (χ0v) is 28.0. The van der Waals surface area contributed by atoms with Crippen molar-refractivity contribution in [1.29, 1.82) is 0 Å². The fourth-order valence-electron chi connectivity index (χ4n) is 5.31. The summed E-state index contributed by atoms with van der Waals surface area (Å²) in [7, 11) is -2.60. The number of ether oxygens (including phenoxy) is 1. The SMILES string of the molecule is CC[C@@H](C)NC(=O)[C@H](Cc1ccccc1)N(Cc1cccc(OC)c1)C(=O)CN(c1cc(C)cc(C)c1)S(=O)(=O)c1ccccc1. The maximum absolute atomic E-state index is 14.6. The molecular weight excluding hydrogens is 598 g/mol. The second kappa shape index (κ2) is 15.6. The standard InChI is InChI=1S/C37H43N3O5S/c1-6-29(4)38-37(42)35(24-30-14-9-7-10-15-30)39(25-31-16-13-17-33(23-31)45-5)36(41)26-40(32-21-27(2)20-28(3)22-32)46(43,44)34-18-11-8-12-19-34/h7-23,29,35H,6,24-26H2,1-5H3,(H,38,42)/t29-,35+/m1/s1. The fraction of sp³-hybridized carbons (Fsp3) is 0.297. The Hall–Kier alpha value is -4.63. The number of benzene rings is 4. The zero-order valence-electron chi connectivity index (χ0n) is 27.1. The number of nitrogens with one attached hydrogen (secondary N) is 1. The summed E-state index contributed by atoms with van der Waals surface area (Å²) < 4.78 is 35.0. The van der Waals surface area contributed by atoms with Crippen molar-refractivity contribution in [2.45, 2.75) is 64.1 Å². The van der Waals surface area contributed by atoms with Gasteiger partial charge in [-0.05, 0) is 85.8 Å². The number of anilines is 1. The Kier molecular flexibility index (Phi) is 11.6. The van der Waals surface area contributed by atoms with Gasteiger partial charge in [0, 0.05) is 19.0 Å². The Balaban J connectivity index is 1.83. The van der Waals surface area contributed by atoms with E-state index in [1.165, 1.54) is 17.0 Å². The van der Waals surface area contributed by atoms with Crippen LogP contribution in [0, 0.1) is 13.8 Å². The van der Waals surface area contributed by atoms with Gasteiger partial charge in [0.2, 0.25) is 11.8 Å². The van der Waals surface area contributed by atoms with Gasteiger partial charge in [-0.1, -0.05) is 73.7 Å². The third-order valence-electron chi connectivity index (χ3n) is 7.86. The van der Waals surface area contributed by atoms with Gasteiger partial charge in [0.25, 0.3) is 10.0 Å². The number of carbonyl (C=O) groups excluding carboxylic acids is 2. The number of carbonyl (C=O) groups is 2. The Morgan fingerprint density at radius 1 is 0.826 bits per heavy atom. The van der Waals surface area contributed by atoms with Crippen LogP contribution in [0.15, 0.2) is 108 Å². The van der Waals surface area contributed by atoms with E-state index in [1.54, 1.807) is 43.5 Å². The second-order valence-electron chi connectivity index (χ2n) is 11.6. The Morgan fingerprint density at radius 2 is 1.43 bits per heavy atom. The van der Waals surface area contributed by atoms with Crippen molar-refractivity contribution in [1.82, 2.24) is 10.2 Å². The largest absolute Gasteiger partial charge is 0.497 e. The molecule has 1 N–H and O–H groups in total. The smallest absolute Gasteiger partial charge is 0.264 e. The number of aryl methyl sites for hydroxylation is 2. The van der Waals surface area contributed by atoms with E-state index in [1.807, 2.05) is 82.3 Å². The minimum absolute atomic E-state index is 0.0630. The number of hydrogen-bond donors (Lipinski definition) is 1. The Bertz CT molecular complexity index is 1710. The minimum atomic E-state index is -4.16. The van der Waals surface area contributed by atoms with Crippen LogP contribution in [0.4, 0.5) is 5.69 Å². The molecule has 0 saturated heterocycles. The predicted molar refractivity (Wildman–Crippen MR) is 182 cm³/mol. The number of methoxy groups -OCH3 is 1. The molecule has 4 aromatic carbocycles. The van der Waals surface area contributed by atoms with Crippen molar-refractivity contribution in [3.05, 3.63) is 125 Å². The molecule has 0 aliphatic heterocycles. The molecule has 46 heavy (non-hydrogen) atoms. The highest BCUT2D eigenvalue weighted by Crippen LogP contribution is 2.27. The lowest BCUT2D eigenvalue weighted by atomic mass is 10.0. The summed E-state index contributed by atoms with van der Waals surface area (Å²) in [6.45, 7) is 7.22. The van der Waals surface area contributed by atoms with E-state index in [9.17, 15) is 18.0 Å². The van der Waals surface area contributed by atoms with Gasteiger partial charge in [-0.2, -0.15) is 0 Å². The average molecular weight is 642 g/mol. The maximum atomic E-state index is 14.6. The topological polar surface area (TPSA) is 96.0 Å². The molecule has 4 rings (SSSR count). The number of rotatable bonds is 14. The van der Waals surface area contributed by atoms with Gasteiger partial charge in [0.1, 0.15) is 18.3 Å². The molecule has 0 heterocycles. The molecule has 4 aromatic rings. The molecule has 0 unspecified atom stereocenters. The summed E-state index contributed by atoms with van der Waals surface area (Å²) in [6, 6.07) is 29.3. The van der Waals surface area contributed by atoms with Crippen LogP contribution in [0.25, 0.3) is 0 Å². The van der Waals surface area contributed by atoms with Crippen LogP contribution in [0.3, 0.4) is 0 Å². The van der Waals surface area contributed by atoms with Crippen LogP contribution in [0.5, 0.6) is 5.75 Å². The van der Waals surface area contributed by atoms with Gasteiger partial charge in [-0.15, -0.1) is 0 Å². The highest BCUT2D eigenvalue weighted by Gasteiger charge is 2.35. The summed E-state index contributed by atoms with van der Waals surface area (Å²) in [5.41, 5.74) is 3.71. The summed E-state index contributed by atoms with van der Waals surface area (Å²) in [5, 5.41) is 3.06. The summed E-state index contributed by atoms with van der Waals surface area (Å²) in [6.07, 6.45) is 0.956. The van der Waals surface area contributed by atoms with E-state index in [0.29, 0.717) is 17.9 Å². The van der Waals surface area contributed by atoms with Crippen LogP contribution in [0.1, 0.15) is 42.5 Å². The molecule has 0 spiro atoms. The fourth-order valence-corrected chi connectivity index (χ4v) is 6.72. The molecule has 0 fully saturated rings. The average Bonchev–Trinajstić information content (AvgIpc) is 3.05. The van der Waals surface area contributed by atoms with Gasteiger partial charge in [0.15, 0.2) is 0 Å². The molecule has 0 radical (unpaired) electrons. The molecule has 2 amide bonds. The van der Waals surface area contributed by atoms with Crippen LogP contribution >= 0.6 is 0 Å². The Labute approximate surface area is 273 Å². The Morgan fingerprint density at radius 3 is 2.04 bits per heavy atom. The van der Waals surface area contributed by atoms with E-state index in [0.717, 1.165) is 26.6 Å². The van der Waals surface area contributed by atoms with Crippen LogP contribution in [0.2, 0.25) is 0 Å². The van der Waals surface area contributed by atoms with Crippen molar-refractivity contribution < 1.29 is 22.7 Å². The lowest BCUT2D eigenvalue weighted by molar-refractivity contribution is -0.140. The van der Waals surface area contributed by atoms with E-state index in [4.69, 9.17) is 4.74 Å². The summed E-state index contributed by atoms with van der Waals surface area (Å²) in [5.74, 6) is -0.211. The van der Waals surface area contributed by atoms with Gasteiger partial charge in [-0.3, -0.25) is 13.9 Å². The molecule has 8 nitrogen and oxygen atoms in total. The zero-order chi connectivity index (χ0) is 33.3. The molecule has 2 atom stereocenters. The molecule has 0 saturated carbocycles. The molecule has 0 aliphatic carbocycles. The summed E-state index contributed by atoms with van der Waals surface area (Å²) in [4.78, 5) is 30.2. The van der Waals surface area contributed by atoms with Gasteiger partial charge in [0.05, 0.1) is 17.7 Å². The van der Waals surface area contributed by atoms with Crippen molar-refractivity contribution in [3.8, 4) is 5.75 Å².